The molecule has 192 valence electrons. The van der Waals surface area contributed by atoms with Gasteiger partial charge in [0.15, 0.2) is 0 Å². The zero-order chi connectivity index (χ0) is 26.1. The lowest BCUT2D eigenvalue weighted by molar-refractivity contribution is -0.142. The Hall–Kier alpha value is -3.88. The Morgan fingerprint density at radius 2 is 1.84 bits per heavy atom. The first-order valence-electron chi connectivity index (χ1n) is 12.4. The summed E-state index contributed by atoms with van der Waals surface area (Å²) in [6.07, 6.45) is 8.85. The van der Waals surface area contributed by atoms with E-state index < -0.39 is 12.6 Å². The smallest absolute Gasteiger partial charge is 0.387 e. The van der Waals surface area contributed by atoms with Crippen molar-refractivity contribution in [1.29, 1.82) is 0 Å². The van der Waals surface area contributed by atoms with Crippen molar-refractivity contribution in [2.45, 2.75) is 58.5 Å². The molecule has 1 saturated carbocycles. The van der Waals surface area contributed by atoms with E-state index >= 15 is 0 Å². The summed E-state index contributed by atoms with van der Waals surface area (Å²) in [5.41, 5.74) is 5.95. The van der Waals surface area contributed by atoms with E-state index in [-0.39, 0.29) is 17.6 Å². The minimum Gasteiger partial charge on any atom is -0.481 e. The summed E-state index contributed by atoms with van der Waals surface area (Å²) in [6, 6.07) is 8.79. The molecule has 0 atom stereocenters. The van der Waals surface area contributed by atoms with E-state index in [0.717, 1.165) is 52.4 Å². The molecule has 1 aromatic carbocycles. The number of hydrogen-bond donors (Lipinski definition) is 1. The van der Waals surface area contributed by atoms with Gasteiger partial charge < -0.3 is 14.2 Å². The van der Waals surface area contributed by atoms with Gasteiger partial charge in [0.2, 0.25) is 0 Å². The van der Waals surface area contributed by atoms with Crippen molar-refractivity contribution in [1.82, 2.24) is 19.4 Å². The maximum absolute atomic E-state index is 12.9. The van der Waals surface area contributed by atoms with Crippen LogP contribution in [0.3, 0.4) is 0 Å². The average Bonchev–Trinajstić information content (AvgIpc) is 3.18. The Morgan fingerprint density at radius 3 is 2.51 bits per heavy atom. The van der Waals surface area contributed by atoms with Crippen LogP contribution in [0.25, 0.3) is 16.8 Å². The number of fused-ring (bicyclic) bond motifs is 1. The van der Waals surface area contributed by atoms with Crippen molar-refractivity contribution < 1.29 is 23.4 Å². The second kappa shape index (κ2) is 10.2. The molecule has 9 heteroatoms. The minimum atomic E-state index is -2.89. The lowest BCUT2D eigenvalue weighted by atomic mass is 9.81. The summed E-state index contributed by atoms with van der Waals surface area (Å²) in [4.78, 5) is 25.2. The fourth-order valence-electron chi connectivity index (χ4n) is 5.19. The van der Waals surface area contributed by atoms with E-state index in [4.69, 9.17) is 9.72 Å². The highest BCUT2D eigenvalue weighted by atomic mass is 19.3. The SMILES string of the molecule is Cc1cc2nc(C)c(Cc3ccccc3OC(F)F)n2cc1-c1cnc([C@H]2CC[C@H](C(=O)O)CC2)nc1. The molecule has 0 amide bonds. The van der Waals surface area contributed by atoms with Crippen molar-refractivity contribution in [3.05, 3.63) is 77.3 Å². The summed E-state index contributed by atoms with van der Waals surface area (Å²) in [6.45, 7) is 1.02. The Labute approximate surface area is 213 Å². The fourth-order valence-corrected chi connectivity index (χ4v) is 5.19. The number of alkyl halides is 2. The first-order chi connectivity index (χ1) is 17.8. The number of rotatable bonds is 7. The predicted octanol–water partition coefficient (Wildman–Crippen LogP) is 5.96. The number of aliphatic carboxylic acids is 1. The topological polar surface area (TPSA) is 89.6 Å². The molecule has 0 saturated heterocycles. The van der Waals surface area contributed by atoms with Crippen LogP contribution >= 0.6 is 0 Å². The molecule has 0 bridgehead atoms. The maximum Gasteiger partial charge on any atom is 0.387 e. The average molecular weight is 507 g/mol. The number of para-hydroxylation sites is 1. The molecule has 37 heavy (non-hydrogen) atoms. The summed E-state index contributed by atoms with van der Waals surface area (Å²) < 4.78 is 32.5. The quantitative estimate of drug-likeness (QED) is 0.333. The number of pyridine rings is 1. The number of carboxylic acids is 1. The highest BCUT2D eigenvalue weighted by Gasteiger charge is 2.28. The second-order valence-electron chi connectivity index (χ2n) is 9.62. The number of nitrogens with zero attached hydrogens (tertiary/aromatic N) is 4. The lowest BCUT2D eigenvalue weighted by Gasteiger charge is -2.24. The van der Waals surface area contributed by atoms with Crippen molar-refractivity contribution in [3.63, 3.8) is 0 Å². The molecule has 0 aliphatic heterocycles. The van der Waals surface area contributed by atoms with Crippen molar-refractivity contribution in [2.24, 2.45) is 5.92 Å². The molecule has 3 aromatic heterocycles. The van der Waals surface area contributed by atoms with Gasteiger partial charge in [0.1, 0.15) is 17.2 Å². The molecule has 0 spiro atoms. The highest BCUT2D eigenvalue weighted by molar-refractivity contribution is 5.70. The van der Waals surface area contributed by atoms with Crippen LogP contribution in [0, 0.1) is 19.8 Å². The van der Waals surface area contributed by atoms with Gasteiger partial charge in [0.25, 0.3) is 0 Å². The first kappa shape index (κ1) is 24.8. The molecule has 5 rings (SSSR count). The van der Waals surface area contributed by atoms with Crippen molar-refractivity contribution in [2.75, 3.05) is 0 Å². The molecule has 0 radical (unpaired) electrons. The van der Waals surface area contributed by atoms with Gasteiger partial charge in [-0.2, -0.15) is 8.78 Å². The van der Waals surface area contributed by atoms with Crippen LogP contribution in [0.2, 0.25) is 0 Å². The summed E-state index contributed by atoms with van der Waals surface area (Å²) in [5, 5.41) is 9.24. The molecular weight excluding hydrogens is 478 g/mol. The van der Waals surface area contributed by atoms with E-state index in [1.807, 2.05) is 42.9 Å². The van der Waals surface area contributed by atoms with Gasteiger partial charge in [-0.1, -0.05) is 18.2 Å². The Balaban J connectivity index is 1.43. The van der Waals surface area contributed by atoms with Crippen LogP contribution in [0.15, 0.2) is 48.9 Å². The number of ether oxygens (including phenoxy) is 1. The third-order valence-corrected chi connectivity index (χ3v) is 7.24. The summed E-state index contributed by atoms with van der Waals surface area (Å²) >= 11 is 0. The van der Waals surface area contributed by atoms with Crippen LogP contribution < -0.4 is 4.74 Å². The number of imidazole rings is 1. The van der Waals surface area contributed by atoms with Crippen LogP contribution in [0.4, 0.5) is 8.78 Å². The van der Waals surface area contributed by atoms with Gasteiger partial charge in [-0.15, -0.1) is 0 Å². The number of carbonyl (C=O) groups is 1. The van der Waals surface area contributed by atoms with Crippen molar-refractivity contribution >= 4 is 11.6 Å². The van der Waals surface area contributed by atoms with Crippen LogP contribution in [-0.2, 0) is 11.2 Å². The second-order valence-corrected chi connectivity index (χ2v) is 9.62. The van der Waals surface area contributed by atoms with Gasteiger partial charge in [0.05, 0.1) is 11.6 Å². The minimum absolute atomic E-state index is 0.153. The highest BCUT2D eigenvalue weighted by Crippen LogP contribution is 2.35. The van der Waals surface area contributed by atoms with Gasteiger partial charge in [0, 0.05) is 53.3 Å². The number of hydrogen-bond acceptors (Lipinski definition) is 5. The molecule has 1 N–H and O–H groups in total. The number of aromatic nitrogens is 4. The largest absolute Gasteiger partial charge is 0.481 e. The molecule has 7 nitrogen and oxygen atoms in total. The van der Waals surface area contributed by atoms with Gasteiger partial charge in [-0.25, -0.2) is 15.0 Å². The number of carboxylic acid groups (broad SMARTS) is 1. The number of halogens is 2. The maximum atomic E-state index is 12.9. The molecule has 0 unspecified atom stereocenters. The molecule has 1 fully saturated rings. The Kier molecular flexibility index (Phi) is 6.86. The Morgan fingerprint density at radius 1 is 1.14 bits per heavy atom. The van der Waals surface area contributed by atoms with Crippen LogP contribution in [0.5, 0.6) is 5.75 Å². The molecular formula is C28H28F2N4O3. The zero-order valence-electron chi connectivity index (χ0n) is 20.7. The van der Waals surface area contributed by atoms with Crippen molar-refractivity contribution in [3.8, 4) is 16.9 Å². The van der Waals surface area contributed by atoms with Gasteiger partial charge in [-0.05, 0) is 57.2 Å². The van der Waals surface area contributed by atoms with Gasteiger partial charge in [-0.3, -0.25) is 4.79 Å². The van der Waals surface area contributed by atoms with Crippen LogP contribution in [-0.4, -0.2) is 37.0 Å². The molecule has 1 aliphatic carbocycles. The normalized spacial score (nSPS) is 17.9. The summed E-state index contributed by atoms with van der Waals surface area (Å²) in [7, 11) is 0. The molecule has 1 aliphatic rings. The Bertz CT molecular complexity index is 1430. The zero-order valence-corrected chi connectivity index (χ0v) is 20.7. The van der Waals surface area contributed by atoms with E-state index in [1.165, 1.54) is 0 Å². The van der Waals surface area contributed by atoms with E-state index in [2.05, 4.69) is 9.97 Å². The third kappa shape index (κ3) is 5.16. The monoisotopic (exact) mass is 506 g/mol. The summed E-state index contributed by atoms with van der Waals surface area (Å²) in [5.74, 6) is 0.0831. The van der Waals surface area contributed by atoms with E-state index in [0.29, 0.717) is 24.8 Å². The lowest BCUT2D eigenvalue weighted by Crippen LogP contribution is -2.21. The fraction of sp³-hybridized carbons (Fsp3) is 0.357. The number of benzene rings is 1. The molecule has 4 aromatic rings. The third-order valence-electron chi connectivity index (χ3n) is 7.24. The standard InChI is InChI=1S/C28H28F2N4O3/c1-16-11-25-33-17(2)23(12-20-5-3-4-6-24(20)37-28(29)30)34(25)15-22(16)21-13-31-26(32-14-21)18-7-9-19(10-8-18)27(35)36/h3-6,11,13-15,18-19,28H,7-10,12H2,1-2H3,(H,35,36)/t18-,19-. The first-order valence-corrected chi connectivity index (χ1v) is 12.4. The van der Waals surface area contributed by atoms with E-state index in [1.54, 1.807) is 24.3 Å². The van der Waals surface area contributed by atoms with E-state index in [9.17, 15) is 18.7 Å². The predicted molar refractivity (Wildman–Crippen MR) is 134 cm³/mol. The van der Waals surface area contributed by atoms with Crippen LogP contribution in [0.1, 0.15) is 59.9 Å². The molecule has 3 heterocycles. The van der Waals surface area contributed by atoms with Gasteiger partial charge >= 0.3 is 12.6 Å². The number of aryl methyl sites for hydroxylation is 2.